The van der Waals surface area contributed by atoms with Crippen molar-refractivity contribution >= 4 is 35.5 Å². The first-order valence-electron chi connectivity index (χ1n) is 10.2. The summed E-state index contributed by atoms with van der Waals surface area (Å²) in [5, 5.41) is 0. The molecule has 2 atom stereocenters. The molecule has 144 valence electrons. The van der Waals surface area contributed by atoms with Gasteiger partial charge < -0.3 is 4.74 Å². The summed E-state index contributed by atoms with van der Waals surface area (Å²) < 4.78 is 4.94. The molecule has 0 N–H and O–H groups in total. The molecule has 0 fully saturated rings. The van der Waals surface area contributed by atoms with Gasteiger partial charge in [0.2, 0.25) is 0 Å². The van der Waals surface area contributed by atoms with E-state index in [1.54, 1.807) is 6.08 Å². The summed E-state index contributed by atoms with van der Waals surface area (Å²) in [5.41, 5.74) is 1.14. The standard InChI is InChI=1S/C22H42O2.Na.H/c1-7-24-22(23)17-21(6)16-10-15-20(5)14-9-13-19(4)12-8-11-18(2)3;;/h17-20H,7-16H2,1-6H3;;/b21-17+;;/t19-,20-;;/m1../s1. The minimum absolute atomic E-state index is 0. The molecule has 25 heavy (non-hydrogen) atoms. The van der Waals surface area contributed by atoms with Gasteiger partial charge in [0.15, 0.2) is 0 Å². The van der Waals surface area contributed by atoms with Gasteiger partial charge >= 0.3 is 35.5 Å². The molecular weight excluding hydrogens is 319 g/mol. The van der Waals surface area contributed by atoms with Crippen molar-refractivity contribution in [2.24, 2.45) is 17.8 Å². The summed E-state index contributed by atoms with van der Waals surface area (Å²) in [5.74, 6) is 2.32. The SMILES string of the molecule is CCOC(=O)/C=C(\C)CCC[C@H](C)CCC[C@H](C)CCCC(C)C.[NaH]. The van der Waals surface area contributed by atoms with Crippen molar-refractivity contribution in [3.63, 3.8) is 0 Å². The topological polar surface area (TPSA) is 26.3 Å². The summed E-state index contributed by atoms with van der Waals surface area (Å²) in [4.78, 5) is 11.4. The molecule has 3 heteroatoms. The second kappa shape index (κ2) is 17.6. The zero-order valence-corrected chi connectivity index (χ0v) is 17.2. The van der Waals surface area contributed by atoms with Crippen LogP contribution in [-0.2, 0) is 9.53 Å². The molecule has 0 aliphatic heterocycles. The van der Waals surface area contributed by atoms with Gasteiger partial charge in [-0.2, -0.15) is 0 Å². The van der Waals surface area contributed by atoms with Crippen LogP contribution in [0, 0.1) is 17.8 Å². The molecule has 0 aromatic carbocycles. The molecule has 0 saturated heterocycles. The quantitative estimate of drug-likeness (QED) is 0.206. The van der Waals surface area contributed by atoms with Crippen molar-refractivity contribution < 1.29 is 9.53 Å². The molecule has 0 amide bonds. The Morgan fingerprint density at radius 1 is 0.880 bits per heavy atom. The molecule has 0 bridgehead atoms. The van der Waals surface area contributed by atoms with Crippen molar-refractivity contribution in [3.8, 4) is 0 Å². The zero-order valence-electron chi connectivity index (χ0n) is 17.2. The Kier molecular flexibility index (Phi) is 19.3. The van der Waals surface area contributed by atoms with Gasteiger partial charge in [0.05, 0.1) is 6.61 Å². The van der Waals surface area contributed by atoms with Crippen molar-refractivity contribution in [3.05, 3.63) is 11.6 Å². The summed E-state index contributed by atoms with van der Waals surface area (Å²) in [6.45, 7) is 13.7. The maximum atomic E-state index is 11.4. The average molecular weight is 363 g/mol. The third-order valence-electron chi connectivity index (χ3n) is 4.79. The Balaban J connectivity index is 0. The number of allylic oxidation sites excluding steroid dienone is 1. The van der Waals surface area contributed by atoms with Crippen LogP contribution in [0.5, 0.6) is 0 Å². The summed E-state index contributed by atoms with van der Waals surface area (Å²) >= 11 is 0. The Bertz CT molecular complexity index is 350. The Hall–Kier alpha value is 0.210. The van der Waals surface area contributed by atoms with Gasteiger partial charge in [-0.1, -0.05) is 78.2 Å². The molecule has 0 radical (unpaired) electrons. The first kappa shape index (κ1) is 27.4. The van der Waals surface area contributed by atoms with E-state index in [4.69, 9.17) is 4.74 Å². The van der Waals surface area contributed by atoms with Crippen LogP contribution in [0.15, 0.2) is 11.6 Å². The van der Waals surface area contributed by atoms with Gasteiger partial charge in [0.25, 0.3) is 0 Å². The fraction of sp³-hybridized carbons (Fsp3) is 0.864. The molecule has 0 rings (SSSR count). The predicted molar refractivity (Wildman–Crippen MR) is 112 cm³/mol. The van der Waals surface area contributed by atoms with Crippen molar-refractivity contribution in [1.82, 2.24) is 0 Å². The van der Waals surface area contributed by atoms with Crippen molar-refractivity contribution in [1.29, 1.82) is 0 Å². The number of rotatable bonds is 14. The zero-order chi connectivity index (χ0) is 18.4. The normalized spacial score (nSPS) is 14.1. The van der Waals surface area contributed by atoms with Gasteiger partial charge in [-0.15, -0.1) is 0 Å². The molecule has 0 saturated carbocycles. The van der Waals surface area contributed by atoms with E-state index in [0.717, 1.165) is 29.7 Å². The number of esters is 1. The van der Waals surface area contributed by atoms with Gasteiger partial charge in [-0.05, 0) is 44.4 Å². The van der Waals surface area contributed by atoms with Crippen molar-refractivity contribution in [2.75, 3.05) is 6.61 Å². The number of hydrogen-bond donors (Lipinski definition) is 0. The maximum absolute atomic E-state index is 11.4. The van der Waals surface area contributed by atoms with E-state index >= 15 is 0 Å². The summed E-state index contributed by atoms with van der Waals surface area (Å²) in [6.07, 6.45) is 13.3. The van der Waals surface area contributed by atoms with E-state index in [1.807, 2.05) is 13.8 Å². The fourth-order valence-corrected chi connectivity index (χ4v) is 3.16. The Labute approximate surface area is 179 Å². The van der Waals surface area contributed by atoms with Gasteiger partial charge in [-0.25, -0.2) is 4.79 Å². The van der Waals surface area contributed by atoms with Crippen LogP contribution in [0.2, 0.25) is 0 Å². The molecule has 0 spiro atoms. The summed E-state index contributed by atoms with van der Waals surface area (Å²) in [7, 11) is 0. The van der Waals surface area contributed by atoms with E-state index in [-0.39, 0.29) is 35.5 Å². The van der Waals surface area contributed by atoms with Gasteiger partial charge in [0, 0.05) is 6.08 Å². The Morgan fingerprint density at radius 3 is 1.84 bits per heavy atom. The molecule has 0 aromatic rings. The van der Waals surface area contributed by atoms with E-state index < -0.39 is 0 Å². The van der Waals surface area contributed by atoms with E-state index in [0.29, 0.717) is 6.61 Å². The molecular formula is C22H43NaO2. The van der Waals surface area contributed by atoms with Crippen LogP contribution >= 0.6 is 0 Å². The van der Waals surface area contributed by atoms with Crippen LogP contribution in [0.25, 0.3) is 0 Å². The third kappa shape index (κ3) is 18.8. The monoisotopic (exact) mass is 362 g/mol. The molecule has 2 nitrogen and oxygen atoms in total. The van der Waals surface area contributed by atoms with E-state index in [2.05, 4.69) is 27.7 Å². The van der Waals surface area contributed by atoms with Crippen LogP contribution in [0.1, 0.15) is 99.3 Å². The number of carbonyl (C=O) groups excluding carboxylic acids is 1. The number of carbonyl (C=O) groups is 1. The van der Waals surface area contributed by atoms with Crippen LogP contribution in [0.4, 0.5) is 0 Å². The van der Waals surface area contributed by atoms with Crippen LogP contribution < -0.4 is 0 Å². The van der Waals surface area contributed by atoms with E-state index in [9.17, 15) is 4.79 Å². The number of hydrogen-bond acceptors (Lipinski definition) is 2. The van der Waals surface area contributed by atoms with Crippen LogP contribution in [0.3, 0.4) is 0 Å². The van der Waals surface area contributed by atoms with Crippen LogP contribution in [-0.4, -0.2) is 42.1 Å². The molecule has 0 heterocycles. The van der Waals surface area contributed by atoms with Gasteiger partial charge in [0.1, 0.15) is 0 Å². The second-order valence-electron chi connectivity index (χ2n) is 8.10. The first-order chi connectivity index (χ1) is 11.3. The van der Waals surface area contributed by atoms with E-state index in [1.165, 1.54) is 51.4 Å². The molecule has 0 aliphatic carbocycles. The first-order valence-corrected chi connectivity index (χ1v) is 10.2. The second-order valence-corrected chi connectivity index (χ2v) is 8.10. The van der Waals surface area contributed by atoms with Gasteiger partial charge in [-0.3, -0.25) is 0 Å². The molecule has 0 aliphatic rings. The third-order valence-corrected chi connectivity index (χ3v) is 4.79. The predicted octanol–water partition coefficient (Wildman–Crippen LogP) is 6.29. The fourth-order valence-electron chi connectivity index (χ4n) is 3.16. The number of ether oxygens (including phenoxy) is 1. The summed E-state index contributed by atoms with van der Waals surface area (Å²) in [6, 6.07) is 0. The Morgan fingerprint density at radius 2 is 1.36 bits per heavy atom. The minimum atomic E-state index is -0.200. The molecule has 0 unspecified atom stereocenters. The van der Waals surface area contributed by atoms with Crippen molar-refractivity contribution in [2.45, 2.75) is 99.3 Å². The molecule has 0 aromatic heterocycles. The average Bonchev–Trinajstić information content (AvgIpc) is 2.46.